The van der Waals surface area contributed by atoms with Gasteiger partial charge >= 0.3 is 5.97 Å². The molecule has 10 nitrogen and oxygen atoms in total. The number of nitrogens with zero attached hydrogens (tertiary/aromatic N) is 5. The summed E-state index contributed by atoms with van der Waals surface area (Å²) in [7, 11) is 1.68. The molecule has 0 aliphatic carbocycles. The number of aryl methyl sites for hydroxylation is 1. The summed E-state index contributed by atoms with van der Waals surface area (Å²) < 4.78 is 1.48. The molecule has 0 saturated carbocycles. The number of β-lactam (4-membered cyclic amide) rings is 1. The van der Waals surface area contributed by atoms with E-state index >= 15 is 0 Å². The third-order valence-corrected chi connectivity index (χ3v) is 6.32. The second kappa shape index (κ2) is 7.22. The summed E-state index contributed by atoms with van der Waals surface area (Å²) in [5.41, 5.74) is 0.574. The Balaban J connectivity index is 1.77. The Labute approximate surface area is 155 Å². The van der Waals surface area contributed by atoms with Crippen molar-refractivity contribution in [2.24, 2.45) is 7.05 Å². The van der Waals surface area contributed by atoms with Gasteiger partial charge in [-0.15, -0.1) is 28.5 Å². The Morgan fingerprint density at radius 2 is 2.28 bits per heavy atom. The summed E-state index contributed by atoms with van der Waals surface area (Å²) in [6, 6.07) is -0.747. The molecule has 3 rings (SSSR count). The molecule has 0 unspecified atom stereocenters. The fraction of sp³-hybridized carbons (Fsp3) is 0.500. The molecule has 0 bridgehead atoms. The van der Waals surface area contributed by atoms with E-state index in [0.717, 1.165) is 0 Å². The van der Waals surface area contributed by atoms with E-state index in [0.29, 0.717) is 22.2 Å². The van der Waals surface area contributed by atoms with E-state index in [9.17, 15) is 19.5 Å². The van der Waals surface area contributed by atoms with Crippen molar-refractivity contribution in [1.29, 1.82) is 0 Å². The van der Waals surface area contributed by atoms with Crippen LogP contribution in [0.4, 0.5) is 0 Å². The van der Waals surface area contributed by atoms with Crippen molar-refractivity contribution >= 4 is 52.9 Å². The fourth-order valence-corrected chi connectivity index (χ4v) is 4.91. The Morgan fingerprint density at radius 3 is 2.88 bits per heavy atom. The molecule has 134 valence electrons. The standard InChI is InChI=1S/C12H13ClN6O4S2/c1-18-12(15-16-17-18)25-4-5-3-24-10-7(14-6(20)2-13)9(21)19(10)8(5)11(22)23/h7,10H,2-4H2,1H3,(H,14,20)(H,22,23)/t7-,10-/m1/s1. The molecule has 2 aliphatic rings. The molecule has 0 aromatic carbocycles. The van der Waals surface area contributed by atoms with Crippen LogP contribution in [0.15, 0.2) is 16.4 Å². The molecular formula is C12H13ClN6O4S2. The average Bonchev–Trinajstić information content (AvgIpc) is 3.01. The molecule has 3 heterocycles. The Kier molecular flexibility index (Phi) is 5.20. The first-order chi connectivity index (χ1) is 11.9. The number of nitrogens with one attached hydrogen (secondary N) is 1. The van der Waals surface area contributed by atoms with Crippen LogP contribution in [-0.4, -0.2) is 76.8 Å². The van der Waals surface area contributed by atoms with Crippen molar-refractivity contribution in [2.75, 3.05) is 17.4 Å². The number of hydrogen-bond donors (Lipinski definition) is 2. The number of fused-ring (bicyclic) bond motifs is 1. The molecule has 1 fully saturated rings. The van der Waals surface area contributed by atoms with E-state index in [1.165, 1.54) is 33.1 Å². The van der Waals surface area contributed by atoms with E-state index in [1.54, 1.807) is 7.05 Å². The van der Waals surface area contributed by atoms with Crippen LogP contribution in [-0.2, 0) is 21.4 Å². The van der Waals surface area contributed by atoms with Crippen LogP contribution < -0.4 is 5.32 Å². The van der Waals surface area contributed by atoms with Gasteiger partial charge in [-0.05, 0) is 16.0 Å². The number of carbonyl (C=O) groups excluding carboxylic acids is 2. The highest BCUT2D eigenvalue weighted by atomic mass is 35.5. The van der Waals surface area contributed by atoms with Gasteiger partial charge in [0.1, 0.15) is 23.0 Å². The van der Waals surface area contributed by atoms with Crippen molar-refractivity contribution < 1.29 is 19.5 Å². The molecule has 0 radical (unpaired) electrons. The molecular weight excluding hydrogens is 392 g/mol. The van der Waals surface area contributed by atoms with E-state index in [4.69, 9.17) is 11.6 Å². The first-order valence-electron chi connectivity index (χ1n) is 7.04. The molecule has 25 heavy (non-hydrogen) atoms. The van der Waals surface area contributed by atoms with Crippen LogP contribution in [0.1, 0.15) is 0 Å². The topological polar surface area (TPSA) is 130 Å². The van der Waals surface area contributed by atoms with Gasteiger partial charge in [0.25, 0.3) is 5.91 Å². The van der Waals surface area contributed by atoms with Crippen molar-refractivity contribution in [3.63, 3.8) is 0 Å². The summed E-state index contributed by atoms with van der Waals surface area (Å²) >= 11 is 8.13. The number of amides is 2. The second-order valence-electron chi connectivity index (χ2n) is 5.22. The van der Waals surface area contributed by atoms with Crippen LogP contribution in [0.2, 0.25) is 0 Å². The zero-order chi connectivity index (χ0) is 18.1. The van der Waals surface area contributed by atoms with E-state index in [1.807, 2.05) is 0 Å². The quantitative estimate of drug-likeness (QED) is 0.358. The molecule has 1 saturated heterocycles. The lowest BCUT2D eigenvalue weighted by Gasteiger charge is -2.49. The number of carbonyl (C=O) groups is 3. The van der Waals surface area contributed by atoms with Gasteiger partial charge in [-0.1, -0.05) is 11.8 Å². The molecule has 2 N–H and O–H groups in total. The van der Waals surface area contributed by atoms with Crippen LogP contribution in [0.3, 0.4) is 0 Å². The second-order valence-corrected chi connectivity index (χ2v) is 7.53. The highest BCUT2D eigenvalue weighted by Gasteiger charge is 2.54. The minimum Gasteiger partial charge on any atom is -0.477 e. The minimum absolute atomic E-state index is 0.0345. The molecule has 1 aromatic rings. The molecule has 1 aromatic heterocycles. The predicted molar refractivity (Wildman–Crippen MR) is 89.9 cm³/mol. The van der Waals surface area contributed by atoms with Gasteiger partial charge in [0.2, 0.25) is 11.1 Å². The number of aliphatic carboxylic acids is 1. The van der Waals surface area contributed by atoms with Gasteiger partial charge in [0.05, 0.1) is 0 Å². The number of alkyl halides is 1. The van der Waals surface area contributed by atoms with Crippen LogP contribution in [0.5, 0.6) is 0 Å². The summed E-state index contributed by atoms with van der Waals surface area (Å²) in [6.07, 6.45) is 0. The molecule has 13 heteroatoms. The van der Waals surface area contributed by atoms with Crippen molar-refractivity contribution in [2.45, 2.75) is 16.6 Å². The summed E-state index contributed by atoms with van der Waals surface area (Å²) in [5.74, 6) is -1.56. The SMILES string of the molecule is Cn1nnnc1SCC1=C(C(=O)O)N2C(=O)[C@@H](NC(=O)CCl)[C@H]2SC1. The summed E-state index contributed by atoms with van der Waals surface area (Å²) in [6.45, 7) is 0. The smallest absolute Gasteiger partial charge is 0.352 e. The minimum atomic E-state index is -1.17. The first kappa shape index (κ1) is 18.0. The summed E-state index contributed by atoms with van der Waals surface area (Å²) in [4.78, 5) is 36.6. The number of halogens is 1. The van der Waals surface area contributed by atoms with Gasteiger partial charge in [-0.3, -0.25) is 14.5 Å². The van der Waals surface area contributed by atoms with Crippen LogP contribution in [0.25, 0.3) is 0 Å². The third kappa shape index (κ3) is 3.33. The van der Waals surface area contributed by atoms with Crippen molar-refractivity contribution in [3.8, 4) is 0 Å². The van der Waals surface area contributed by atoms with Gasteiger partial charge in [0, 0.05) is 18.6 Å². The molecule has 2 amide bonds. The van der Waals surface area contributed by atoms with E-state index in [2.05, 4.69) is 20.8 Å². The van der Waals surface area contributed by atoms with E-state index in [-0.39, 0.29) is 11.6 Å². The lowest BCUT2D eigenvalue weighted by atomic mass is 10.0. The first-order valence-corrected chi connectivity index (χ1v) is 9.61. The van der Waals surface area contributed by atoms with Gasteiger partial charge < -0.3 is 10.4 Å². The number of rotatable bonds is 6. The number of aromatic nitrogens is 4. The highest BCUT2D eigenvalue weighted by molar-refractivity contribution is 8.01. The maximum Gasteiger partial charge on any atom is 0.352 e. The van der Waals surface area contributed by atoms with Crippen LogP contribution in [0, 0.1) is 0 Å². The number of hydrogen-bond acceptors (Lipinski definition) is 8. The number of thioether (sulfide) groups is 2. The maximum atomic E-state index is 12.3. The predicted octanol–water partition coefficient (Wildman–Crippen LogP) is -0.720. The number of tetrazole rings is 1. The average molecular weight is 405 g/mol. The van der Waals surface area contributed by atoms with E-state index < -0.39 is 29.2 Å². The van der Waals surface area contributed by atoms with Gasteiger partial charge in [-0.25, -0.2) is 9.48 Å². The molecule has 2 aliphatic heterocycles. The Morgan fingerprint density at radius 1 is 1.52 bits per heavy atom. The van der Waals surface area contributed by atoms with Crippen LogP contribution >= 0.6 is 35.1 Å². The molecule has 2 atom stereocenters. The zero-order valence-electron chi connectivity index (χ0n) is 12.9. The highest BCUT2D eigenvalue weighted by Crippen LogP contribution is 2.41. The summed E-state index contributed by atoms with van der Waals surface area (Å²) in [5, 5.41) is 23.3. The monoisotopic (exact) mass is 404 g/mol. The normalized spacial score (nSPS) is 22.5. The number of carboxylic acids is 1. The Hall–Kier alpha value is -1.79. The van der Waals surface area contributed by atoms with Gasteiger partial charge in [0.15, 0.2) is 0 Å². The lowest BCUT2D eigenvalue weighted by molar-refractivity contribution is -0.150. The zero-order valence-corrected chi connectivity index (χ0v) is 15.3. The maximum absolute atomic E-state index is 12.3. The third-order valence-electron chi connectivity index (χ3n) is 3.64. The molecule has 0 spiro atoms. The Bertz CT molecular complexity index is 769. The lowest BCUT2D eigenvalue weighted by Crippen LogP contribution is -2.70. The van der Waals surface area contributed by atoms with Crippen molar-refractivity contribution in [1.82, 2.24) is 30.4 Å². The largest absolute Gasteiger partial charge is 0.477 e. The van der Waals surface area contributed by atoms with Gasteiger partial charge in [-0.2, -0.15) is 0 Å². The number of carboxylic acid groups (broad SMARTS) is 1. The fourth-order valence-electron chi connectivity index (χ4n) is 2.50. The van der Waals surface area contributed by atoms with Crippen molar-refractivity contribution in [3.05, 3.63) is 11.3 Å².